The van der Waals surface area contributed by atoms with Crippen molar-refractivity contribution in [2.45, 2.75) is 6.42 Å². The molecular formula is C18H15NO3S. The number of hydrogen-bond donors (Lipinski definition) is 1. The molecular weight excluding hydrogens is 310 g/mol. The SMILES string of the molecule is COc1ccccc1-c1nc(Cc2ccccc2)c(C(=O)O)s1. The maximum absolute atomic E-state index is 11.6. The lowest BCUT2D eigenvalue weighted by atomic mass is 10.1. The minimum atomic E-state index is -0.949. The fraction of sp³-hybridized carbons (Fsp3) is 0.111. The van der Waals surface area contributed by atoms with Gasteiger partial charge in [0.25, 0.3) is 0 Å². The van der Waals surface area contributed by atoms with Gasteiger partial charge in [-0.25, -0.2) is 9.78 Å². The van der Waals surface area contributed by atoms with Crippen molar-refractivity contribution in [3.8, 4) is 16.3 Å². The Morgan fingerprint density at radius 1 is 1.13 bits per heavy atom. The van der Waals surface area contributed by atoms with Gasteiger partial charge >= 0.3 is 5.97 Å². The van der Waals surface area contributed by atoms with Crippen LogP contribution in [0.4, 0.5) is 0 Å². The normalized spacial score (nSPS) is 10.5. The molecule has 0 aliphatic heterocycles. The van der Waals surface area contributed by atoms with E-state index in [-0.39, 0.29) is 4.88 Å². The maximum atomic E-state index is 11.6. The summed E-state index contributed by atoms with van der Waals surface area (Å²) in [6, 6.07) is 17.2. The van der Waals surface area contributed by atoms with Gasteiger partial charge in [-0.1, -0.05) is 42.5 Å². The highest BCUT2D eigenvalue weighted by Gasteiger charge is 2.20. The molecule has 1 heterocycles. The highest BCUT2D eigenvalue weighted by atomic mass is 32.1. The van der Waals surface area contributed by atoms with Gasteiger partial charge in [0.2, 0.25) is 0 Å². The average molecular weight is 325 g/mol. The summed E-state index contributed by atoms with van der Waals surface area (Å²) in [4.78, 5) is 16.4. The summed E-state index contributed by atoms with van der Waals surface area (Å²) in [5.74, 6) is -0.265. The molecule has 0 atom stereocenters. The van der Waals surface area contributed by atoms with Crippen molar-refractivity contribution >= 4 is 17.3 Å². The first-order valence-corrected chi connectivity index (χ1v) is 7.91. The molecule has 0 unspecified atom stereocenters. The second kappa shape index (κ2) is 6.62. The van der Waals surface area contributed by atoms with Gasteiger partial charge in [0.15, 0.2) is 0 Å². The van der Waals surface area contributed by atoms with Gasteiger partial charge in [-0.15, -0.1) is 11.3 Å². The molecule has 3 aromatic rings. The van der Waals surface area contributed by atoms with Gasteiger partial charge in [-0.05, 0) is 17.7 Å². The molecule has 0 amide bonds. The lowest BCUT2D eigenvalue weighted by molar-refractivity contribution is 0.0701. The number of aromatic carboxylic acids is 1. The molecule has 2 aromatic carbocycles. The summed E-state index contributed by atoms with van der Waals surface area (Å²) < 4.78 is 5.35. The zero-order valence-corrected chi connectivity index (χ0v) is 13.3. The standard InChI is InChI=1S/C18H15NO3S/c1-22-15-10-6-5-9-13(15)17-19-14(16(23-17)18(20)21)11-12-7-3-2-4-8-12/h2-10H,11H2,1H3,(H,20,21). The Morgan fingerprint density at radius 2 is 1.83 bits per heavy atom. The third-order valence-electron chi connectivity index (χ3n) is 3.44. The van der Waals surface area contributed by atoms with E-state index in [1.165, 1.54) is 11.3 Å². The quantitative estimate of drug-likeness (QED) is 0.767. The lowest BCUT2D eigenvalue weighted by Gasteiger charge is -2.04. The number of para-hydroxylation sites is 1. The zero-order chi connectivity index (χ0) is 16.2. The number of thiazole rings is 1. The molecule has 4 nitrogen and oxygen atoms in total. The fourth-order valence-electron chi connectivity index (χ4n) is 2.36. The third-order valence-corrected chi connectivity index (χ3v) is 4.56. The summed E-state index contributed by atoms with van der Waals surface area (Å²) in [5, 5.41) is 10.1. The summed E-state index contributed by atoms with van der Waals surface area (Å²) >= 11 is 1.18. The van der Waals surface area contributed by atoms with E-state index >= 15 is 0 Å². The highest BCUT2D eigenvalue weighted by Crippen LogP contribution is 2.35. The Labute approximate surface area is 138 Å². The number of rotatable bonds is 5. The van der Waals surface area contributed by atoms with Crippen LogP contribution in [0.3, 0.4) is 0 Å². The first-order chi connectivity index (χ1) is 11.2. The van der Waals surface area contributed by atoms with Gasteiger partial charge in [-0.3, -0.25) is 0 Å². The molecule has 0 fully saturated rings. The second-order valence-corrected chi connectivity index (χ2v) is 5.96. The van der Waals surface area contributed by atoms with E-state index in [4.69, 9.17) is 4.74 Å². The fourth-order valence-corrected chi connectivity index (χ4v) is 3.32. The monoisotopic (exact) mass is 325 g/mol. The van der Waals surface area contributed by atoms with E-state index < -0.39 is 5.97 Å². The lowest BCUT2D eigenvalue weighted by Crippen LogP contribution is -1.99. The molecule has 1 aromatic heterocycles. The smallest absolute Gasteiger partial charge is 0.347 e. The Balaban J connectivity index is 2.04. The number of aromatic nitrogens is 1. The summed E-state index contributed by atoms with van der Waals surface area (Å²) in [7, 11) is 1.59. The Kier molecular flexibility index (Phi) is 4.39. The van der Waals surface area contributed by atoms with Crippen molar-refractivity contribution in [2.24, 2.45) is 0 Å². The van der Waals surface area contributed by atoms with Crippen LogP contribution in [-0.2, 0) is 6.42 Å². The summed E-state index contributed by atoms with van der Waals surface area (Å²) in [6.07, 6.45) is 0.494. The summed E-state index contributed by atoms with van der Waals surface area (Å²) in [6.45, 7) is 0. The molecule has 23 heavy (non-hydrogen) atoms. The van der Waals surface area contributed by atoms with Crippen LogP contribution in [0, 0.1) is 0 Å². The van der Waals surface area contributed by atoms with Crippen LogP contribution >= 0.6 is 11.3 Å². The van der Waals surface area contributed by atoms with Gasteiger partial charge in [0, 0.05) is 6.42 Å². The maximum Gasteiger partial charge on any atom is 0.347 e. The number of carboxylic acids is 1. The minimum absolute atomic E-state index is 0.273. The first kappa shape index (κ1) is 15.2. The molecule has 0 bridgehead atoms. The van der Waals surface area contributed by atoms with Crippen LogP contribution in [0.1, 0.15) is 20.9 Å². The summed E-state index contributed by atoms with van der Waals surface area (Å²) in [5.41, 5.74) is 2.42. The second-order valence-electron chi connectivity index (χ2n) is 4.96. The van der Waals surface area contributed by atoms with Crippen LogP contribution in [0.5, 0.6) is 5.75 Å². The largest absolute Gasteiger partial charge is 0.496 e. The van der Waals surface area contributed by atoms with Gasteiger partial charge in [0.1, 0.15) is 15.6 Å². The number of hydrogen-bond acceptors (Lipinski definition) is 4. The van der Waals surface area contributed by atoms with E-state index in [1.54, 1.807) is 7.11 Å². The first-order valence-electron chi connectivity index (χ1n) is 7.09. The number of methoxy groups -OCH3 is 1. The van der Waals surface area contributed by atoms with Gasteiger partial charge in [0.05, 0.1) is 18.4 Å². The van der Waals surface area contributed by atoms with Crippen LogP contribution in [0.25, 0.3) is 10.6 Å². The number of nitrogens with zero attached hydrogens (tertiary/aromatic N) is 1. The molecule has 1 N–H and O–H groups in total. The van der Waals surface area contributed by atoms with Crippen molar-refractivity contribution in [1.82, 2.24) is 4.98 Å². The van der Waals surface area contributed by atoms with Crippen LogP contribution in [0.15, 0.2) is 54.6 Å². The van der Waals surface area contributed by atoms with Crippen molar-refractivity contribution < 1.29 is 14.6 Å². The molecule has 116 valence electrons. The molecule has 0 aliphatic carbocycles. The van der Waals surface area contributed by atoms with E-state index in [0.29, 0.717) is 22.9 Å². The zero-order valence-electron chi connectivity index (χ0n) is 12.5. The van der Waals surface area contributed by atoms with E-state index in [9.17, 15) is 9.90 Å². The van der Waals surface area contributed by atoms with Gasteiger partial charge < -0.3 is 9.84 Å². The predicted molar refractivity (Wildman–Crippen MR) is 90.3 cm³/mol. The molecule has 5 heteroatoms. The third kappa shape index (κ3) is 3.24. The Hall–Kier alpha value is -2.66. The van der Waals surface area contributed by atoms with E-state index in [1.807, 2.05) is 54.6 Å². The van der Waals surface area contributed by atoms with E-state index in [2.05, 4.69) is 4.98 Å². The molecule has 0 saturated heterocycles. The molecule has 3 rings (SSSR count). The number of carboxylic acid groups (broad SMARTS) is 1. The molecule has 0 spiro atoms. The van der Waals surface area contributed by atoms with Crippen LogP contribution in [-0.4, -0.2) is 23.2 Å². The van der Waals surface area contributed by atoms with Crippen molar-refractivity contribution in [3.05, 3.63) is 70.7 Å². The van der Waals surface area contributed by atoms with Crippen molar-refractivity contribution in [1.29, 1.82) is 0 Å². The van der Waals surface area contributed by atoms with Crippen molar-refractivity contribution in [2.75, 3.05) is 7.11 Å². The minimum Gasteiger partial charge on any atom is -0.496 e. The Morgan fingerprint density at radius 3 is 2.52 bits per heavy atom. The van der Waals surface area contributed by atoms with Crippen LogP contribution < -0.4 is 4.74 Å². The highest BCUT2D eigenvalue weighted by molar-refractivity contribution is 7.17. The van der Waals surface area contributed by atoms with Crippen molar-refractivity contribution in [3.63, 3.8) is 0 Å². The van der Waals surface area contributed by atoms with Crippen LogP contribution in [0.2, 0.25) is 0 Å². The molecule has 0 aliphatic rings. The predicted octanol–water partition coefficient (Wildman–Crippen LogP) is 4.11. The number of benzene rings is 2. The molecule has 0 radical (unpaired) electrons. The number of carbonyl (C=O) groups is 1. The van der Waals surface area contributed by atoms with E-state index in [0.717, 1.165) is 11.1 Å². The van der Waals surface area contributed by atoms with Gasteiger partial charge in [-0.2, -0.15) is 0 Å². The average Bonchev–Trinajstić information content (AvgIpc) is 2.99. The topological polar surface area (TPSA) is 59.4 Å². The number of ether oxygens (including phenoxy) is 1. The molecule has 0 saturated carbocycles. The Bertz CT molecular complexity index is 827.